The zero-order valence-corrected chi connectivity index (χ0v) is 19.3. The van der Waals surface area contributed by atoms with Crippen molar-refractivity contribution in [2.24, 2.45) is 5.92 Å². The van der Waals surface area contributed by atoms with E-state index in [0.717, 1.165) is 6.07 Å². The molecule has 3 aromatic rings. The minimum atomic E-state index is -4.79. The number of carbonyl (C=O) groups excluding carboxylic acids is 1. The third kappa shape index (κ3) is 4.69. The molecule has 1 aromatic carbocycles. The van der Waals surface area contributed by atoms with Gasteiger partial charge in [-0.1, -0.05) is 0 Å². The van der Waals surface area contributed by atoms with E-state index in [9.17, 15) is 46.1 Å². The summed E-state index contributed by atoms with van der Waals surface area (Å²) in [5.74, 6) is -6.28. The van der Waals surface area contributed by atoms with Gasteiger partial charge in [-0.2, -0.15) is 13.2 Å². The Labute approximate surface area is 210 Å². The SMILES string of the molecule is O=C(N[C@@H](C1CC1)C(F)(F)F)c1cn(-c2c(F)cc(F)cc2F)c2nc(N3CC(O)[C@@H](O)C3)ccc2c1=O. The fraction of sp³-hybridized carbons (Fsp3) is 0.375. The molecule has 1 amide bonds. The lowest BCUT2D eigenvalue weighted by molar-refractivity contribution is -0.158. The molecule has 8 nitrogen and oxygen atoms in total. The number of amides is 1. The lowest BCUT2D eigenvalue weighted by Gasteiger charge is -2.22. The summed E-state index contributed by atoms with van der Waals surface area (Å²) in [6, 6.07) is 0.941. The van der Waals surface area contributed by atoms with Crippen LogP contribution in [0.1, 0.15) is 23.2 Å². The number of pyridine rings is 2. The predicted molar refractivity (Wildman–Crippen MR) is 121 cm³/mol. The van der Waals surface area contributed by atoms with E-state index in [4.69, 9.17) is 0 Å². The molecule has 1 unspecified atom stereocenters. The van der Waals surface area contributed by atoms with Gasteiger partial charge in [0.25, 0.3) is 5.91 Å². The molecule has 2 aromatic heterocycles. The van der Waals surface area contributed by atoms with Crippen LogP contribution >= 0.6 is 0 Å². The van der Waals surface area contributed by atoms with Gasteiger partial charge in [0.15, 0.2) is 17.3 Å². The summed E-state index contributed by atoms with van der Waals surface area (Å²) in [6.07, 6.45) is -5.90. The fourth-order valence-electron chi connectivity index (χ4n) is 4.54. The Bertz CT molecular complexity index is 1460. The molecule has 0 radical (unpaired) electrons. The molecule has 1 saturated heterocycles. The largest absolute Gasteiger partial charge is 0.408 e. The van der Waals surface area contributed by atoms with Crippen molar-refractivity contribution in [1.82, 2.24) is 14.9 Å². The van der Waals surface area contributed by atoms with Gasteiger partial charge in [0.1, 0.15) is 28.9 Å². The number of benzene rings is 1. The van der Waals surface area contributed by atoms with Crippen LogP contribution in [0, 0.1) is 23.4 Å². The molecular formula is C24H20F6N4O4. The number of nitrogens with zero attached hydrogens (tertiary/aromatic N) is 3. The molecule has 2 aliphatic rings. The van der Waals surface area contributed by atoms with Crippen LogP contribution in [0.2, 0.25) is 0 Å². The molecule has 0 spiro atoms. The first-order chi connectivity index (χ1) is 17.8. The highest BCUT2D eigenvalue weighted by Crippen LogP contribution is 2.40. The molecule has 1 aliphatic carbocycles. The molecule has 38 heavy (non-hydrogen) atoms. The van der Waals surface area contributed by atoms with Gasteiger partial charge in [0.2, 0.25) is 5.43 Å². The third-order valence-corrected chi connectivity index (χ3v) is 6.62. The number of hydrogen-bond acceptors (Lipinski definition) is 6. The summed E-state index contributed by atoms with van der Waals surface area (Å²) in [5, 5.41) is 21.2. The number of alkyl halides is 3. The zero-order chi connectivity index (χ0) is 27.5. The van der Waals surface area contributed by atoms with Crippen molar-refractivity contribution in [3.05, 3.63) is 63.7 Å². The number of aromatic nitrogens is 2. The van der Waals surface area contributed by atoms with Crippen LogP contribution in [-0.2, 0) is 0 Å². The zero-order valence-electron chi connectivity index (χ0n) is 19.3. The van der Waals surface area contributed by atoms with Crippen molar-refractivity contribution in [3.63, 3.8) is 0 Å². The first kappa shape index (κ1) is 26.0. The Morgan fingerprint density at radius 3 is 2.21 bits per heavy atom. The summed E-state index contributed by atoms with van der Waals surface area (Å²) in [4.78, 5) is 31.8. The van der Waals surface area contributed by atoms with Gasteiger partial charge in [-0.25, -0.2) is 18.2 Å². The number of carbonyl (C=O) groups is 1. The molecule has 1 aliphatic heterocycles. The number of β-amino-alcohol motifs (C(OH)–C–C–N with tert-alkyl or cyclic N) is 2. The molecule has 0 bridgehead atoms. The van der Waals surface area contributed by atoms with E-state index in [1.165, 1.54) is 11.0 Å². The normalized spacial score (nSPS) is 20.7. The van der Waals surface area contributed by atoms with E-state index < -0.39 is 70.4 Å². The maximum atomic E-state index is 14.8. The highest BCUT2D eigenvalue weighted by Gasteiger charge is 2.50. The maximum absolute atomic E-state index is 14.8. The minimum absolute atomic E-state index is 0.0519. The van der Waals surface area contributed by atoms with Gasteiger partial charge >= 0.3 is 6.18 Å². The lowest BCUT2D eigenvalue weighted by atomic mass is 10.1. The second-order valence-electron chi connectivity index (χ2n) is 9.37. The highest BCUT2D eigenvalue weighted by molar-refractivity contribution is 5.97. The minimum Gasteiger partial charge on any atom is -0.389 e. The lowest BCUT2D eigenvalue weighted by Crippen LogP contribution is -2.48. The fourth-order valence-corrected chi connectivity index (χ4v) is 4.54. The van der Waals surface area contributed by atoms with Crippen LogP contribution in [-0.4, -0.2) is 63.2 Å². The van der Waals surface area contributed by atoms with Crippen LogP contribution in [0.25, 0.3) is 16.7 Å². The topological polar surface area (TPSA) is 108 Å². The molecule has 3 atom stereocenters. The van der Waals surface area contributed by atoms with E-state index in [1.54, 1.807) is 0 Å². The Balaban J connectivity index is 1.68. The number of anilines is 1. The van der Waals surface area contributed by atoms with Gasteiger partial charge in [-0.05, 0) is 30.9 Å². The van der Waals surface area contributed by atoms with Gasteiger partial charge in [0, 0.05) is 31.4 Å². The Morgan fingerprint density at radius 1 is 1.05 bits per heavy atom. The molecule has 3 heterocycles. The Hall–Kier alpha value is -3.65. The van der Waals surface area contributed by atoms with Crippen molar-refractivity contribution in [2.75, 3.05) is 18.0 Å². The monoisotopic (exact) mass is 542 g/mol. The van der Waals surface area contributed by atoms with Crippen LogP contribution in [0.5, 0.6) is 0 Å². The number of fused-ring (bicyclic) bond motifs is 1. The standard InChI is InChI=1S/C24H20F6N4O4/c25-11-5-14(26)19(15(27)6-11)34-7-13(23(38)32-21(10-1-2-10)24(28,29)30)20(37)12-3-4-18(31-22(12)34)33-8-16(35)17(36)9-33/h3-7,10,16-17,21,35-36H,1-2,8-9H2,(H,32,38)/t16-,17?,21-/m0/s1. The highest BCUT2D eigenvalue weighted by atomic mass is 19.4. The number of aliphatic hydroxyl groups is 2. The van der Waals surface area contributed by atoms with Crippen LogP contribution in [0.15, 0.2) is 35.3 Å². The number of aliphatic hydroxyl groups excluding tert-OH is 2. The Kier molecular flexibility index (Phi) is 6.34. The van der Waals surface area contributed by atoms with E-state index in [0.29, 0.717) is 22.9 Å². The molecule has 3 N–H and O–H groups in total. The average Bonchev–Trinajstić information content (AvgIpc) is 3.61. The van der Waals surface area contributed by atoms with Gasteiger partial charge in [0.05, 0.1) is 17.6 Å². The summed E-state index contributed by atoms with van der Waals surface area (Å²) in [5.41, 5.74) is -3.20. The van der Waals surface area contributed by atoms with E-state index in [-0.39, 0.29) is 42.8 Å². The van der Waals surface area contributed by atoms with E-state index in [2.05, 4.69) is 4.98 Å². The second-order valence-corrected chi connectivity index (χ2v) is 9.37. The van der Waals surface area contributed by atoms with Crippen molar-refractivity contribution in [1.29, 1.82) is 0 Å². The predicted octanol–water partition coefficient (Wildman–Crippen LogP) is 2.42. The first-order valence-electron chi connectivity index (χ1n) is 11.5. The van der Waals surface area contributed by atoms with Gasteiger partial charge in [-0.3, -0.25) is 14.2 Å². The summed E-state index contributed by atoms with van der Waals surface area (Å²) in [6.45, 7) is -0.104. The summed E-state index contributed by atoms with van der Waals surface area (Å²) in [7, 11) is 0. The molecule has 2 fully saturated rings. The number of rotatable bonds is 5. The van der Waals surface area contributed by atoms with Crippen molar-refractivity contribution in [2.45, 2.75) is 37.3 Å². The molecule has 5 rings (SSSR count). The number of nitrogens with one attached hydrogen (secondary N) is 1. The van der Waals surface area contributed by atoms with Gasteiger partial charge < -0.3 is 20.4 Å². The van der Waals surface area contributed by atoms with Crippen molar-refractivity contribution >= 4 is 22.8 Å². The van der Waals surface area contributed by atoms with Crippen LogP contribution in [0.4, 0.5) is 32.2 Å². The van der Waals surface area contributed by atoms with Crippen LogP contribution < -0.4 is 15.6 Å². The third-order valence-electron chi connectivity index (χ3n) is 6.62. The molecular weight excluding hydrogens is 522 g/mol. The smallest absolute Gasteiger partial charge is 0.389 e. The first-order valence-corrected chi connectivity index (χ1v) is 11.5. The Morgan fingerprint density at radius 2 is 1.66 bits per heavy atom. The summed E-state index contributed by atoms with van der Waals surface area (Å²) >= 11 is 0. The second kappa shape index (κ2) is 9.27. The van der Waals surface area contributed by atoms with Crippen LogP contribution in [0.3, 0.4) is 0 Å². The summed E-state index contributed by atoms with van der Waals surface area (Å²) < 4.78 is 84.4. The van der Waals surface area contributed by atoms with E-state index in [1.807, 2.05) is 5.32 Å². The van der Waals surface area contributed by atoms with E-state index >= 15 is 0 Å². The molecule has 1 saturated carbocycles. The van der Waals surface area contributed by atoms with Gasteiger partial charge in [-0.15, -0.1) is 0 Å². The number of halogens is 6. The quantitative estimate of drug-likeness (QED) is 0.428. The maximum Gasteiger partial charge on any atom is 0.408 e. The molecule has 14 heteroatoms. The van der Waals surface area contributed by atoms with Crippen molar-refractivity contribution in [3.8, 4) is 5.69 Å². The van der Waals surface area contributed by atoms with Crippen molar-refractivity contribution < 1.29 is 41.4 Å². The average molecular weight is 542 g/mol. The molecule has 202 valence electrons. The number of hydrogen-bond donors (Lipinski definition) is 3.